The van der Waals surface area contributed by atoms with Crippen LogP contribution >= 0.6 is 0 Å². The number of anilines is 2. The Kier molecular flexibility index (Phi) is 10.2. The third-order valence-corrected chi connectivity index (χ3v) is 9.61. The van der Waals surface area contributed by atoms with Crippen molar-refractivity contribution in [1.29, 1.82) is 0 Å². The van der Waals surface area contributed by atoms with Crippen molar-refractivity contribution in [2.24, 2.45) is 0 Å². The molecule has 7 aromatic carbocycles. The van der Waals surface area contributed by atoms with Crippen LogP contribution in [0.3, 0.4) is 0 Å². The molecule has 2 heteroatoms. The summed E-state index contributed by atoms with van der Waals surface area (Å²) in [6, 6.07) is 68.5. The Balaban J connectivity index is 1.17. The fourth-order valence-electron chi connectivity index (χ4n) is 6.87. The predicted octanol–water partition coefficient (Wildman–Crippen LogP) is 14.2. The van der Waals surface area contributed by atoms with Crippen molar-refractivity contribution in [1.82, 2.24) is 4.98 Å². The van der Waals surface area contributed by atoms with E-state index in [1.807, 2.05) is 12.1 Å². The van der Waals surface area contributed by atoms with E-state index >= 15 is 0 Å². The molecule has 0 atom stereocenters. The molecule has 258 valence electrons. The Labute approximate surface area is 318 Å². The molecule has 8 rings (SSSR count). The lowest BCUT2D eigenvalue weighted by Crippen LogP contribution is -2.15. The van der Waals surface area contributed by atoms with Gasteiger partial charge in [0, 0.05) is 33.6 Å². The van der Waals surface area contributed by atoms with E-state index in [-0.39, 0.29) is 0 Å². The molecule has 0 aliphatic rings. The quantitative estimate of drug-likeness (QED) is 0.133. The van der Waals surface area contributed by atoms with E-state index in [0.717, 1.165) is 55.9 Å². The van der Waals surface area contributed by atoms with Gasteiger partial charge in [0.1, 0.15) is 0 Å². The predicted molar refractivity (Wildman–Crippen MR) is 230 cm³/mol. The summed E-state index contributed by atoms with van der Waals surface area (Å²) in [5.41, 5.74) is 14.4. The fraction of sp³-hybridized carbons (Fsp3) is 0.0192. The maximum Gasteiger partial charge on any atom is 0.0788 e. The molecule has 0 N–H and O–H groups in total. The Morgan fingerprint density at radius 1 is 0.481 bits per heavy atom. The number of rotatable bonds is 10. The lowest BCUT2D eigenvalue weighted by atomic mass is 9.97. The van der Waals surface area contributed by atoms with Crippen molar-refractivity contribution in [3.63, 3.8) is 0 Å². The van der Waals surface area contributed by atoms with Gasteiger partial charge in [0.15, 0.2) is 0 Å². The van der Waals surface area contributed by atoms with E-state index in [0.29, 0.717) is 0 Å². The van der Waals surface area contributed by atoms with Gasteiger partial charge in [-0.15, -0.1) is 0 Å². The molecular formula is C52H40N2. The average Bonchev–Trinajstić information content (AvgIpc) is 3.25. The Morgan fingerprint density at radius 3 is 1.54 bits per heavy atom. The van der Waals surface area contributed by atoms with Gasteiger partial charge in [-0.2, -0.15) is 0 Å². The molecule has 2 nitrogen and oxygen atoms in total. The van der Waals surface area contributed by atoms with E-state index in [1.54, 1.807) is 0 Å². The van der Waals surface area contributed by atoms with Gasteiger partial charge < -0.3 is 4.90 Å². The molecule has 0 aliphatic carbocycles. The summed E-state index contributed by atoms with van der Waals surface area (Å²) >= 11 is 0. The third kappa shape index (κ3) is 7.60. The number of pyridine rings is 1. The van der Waals surface area contributed by atoms with Gasteiger partial charge in [-0.1, -0.05) is 176 Å². The lowest BCUT2D eigenvalue weighted by molar-refractivity contribution is 1.21. The molecule has 0 radical (unpaired) electrons. The highest BCUT2D eigenvalue weighted by atomic mass is 15.1. The van der Waals surface area contributed by atoms with Crippen molar-refractivity contribution < 1.29 is 0 Å². The number of aromatic nitrogens is 1. The average molecular weight is 693 g/mol. The highest BCUT2D eigenvalue weighted by Crippen LogP contribution is 2.37. The van der Waals surface area contributed by atoms with E-state index in [4.69, 9.17) is 4.98 Å². The number of fused-ring (bicyclic) bond motifs is 1. The summed E-state index contributed by atoms with van der Waals surface area (Å²) in [4.78, 5) is 7.47. The molecule has 0 saturated heterocycles. The largest absolute Gasteiger partial charge is 0.311 e. The van der Waals surface area contributed by atoms with Crippen LogP contribution in [0.5, 0.6) is 0 Å². The minimum Gasteiger partial charge on any atom is -0.311 e. The van der Waals surface area contributed by atoms with Crippen LogP contribution < -0.4 is 4.90 Å². The summed E-state index contributed by atoms with van der Waals surface area (Å²) < 4.78 is 0. The van der Waals surface area contributed by atoms with E-state index < -0.39 is 0 Å². The standard InChI is InChI=1S/C52H40N2/c1-2-15-47(24-14-16-39-26-28-42(29-27-39)40-17-6-3-7-18-40)54(48-34-30-43(31-35-48)41-19-8-4-9-20-41)49-36-32-44(33-37-49)50-38-46-23-12-13-25-51(46)53-52(50)45-21-10-5-11-22-45/h2-38H,1H3/b15-2-,16-14+,47-24+. The van der Waals surface area contributed by atoms with Gasteiger partial charge in [0.05, 0.1) is 11.2 Å². The highest BCUT2D eigenvalue weighted by Gasteiger charge is 2.16. The van der Waals surface area contributed by atoms with Crippen molar-refractivity contribution >= 4 is 28.4 Å². The van der Waals surface area contributed by atoms with Gasteiger partial charge >= 0.3 is 0 Å². The molecule has 0 amide bonds. The molecule has 1 aromatic heterocycles. The van der Waals surface area contributed by atoms with Crippen LogP contribution in [0.4, 0.5) is 11.4 Å². The zero-order chi connectivity index (χ0) is 36.5. The summed E-state index contributed by atoms with van der Waals surface area (Å²) in [6.45, 7) is 2.07. The number of para-hydroxylation sites is 1. The van der Waals surface area contributed by atoms with Crippen LogP contribution in [0, 0.1) is 0 Å². The summed E-state index contributed by atoms with van der Waals surface area (Å²) in [5, 5.41) is 1.12. The van der Waals surface area contributed by atoms with Crippen molar-refractivity contribution in [3.05, 3.63) is 230 Å². The Hall–Kier alpha value is -7.03. The summed E-state index contributed by atoms with van der Waals surface area (Å²) in [7, 11) is 0. The molecule has 0 fully saturated rings. The van der Waals surface area contributed by atoms with Crippen LogP contribution in [-0.2, 0) is 0 Å². The third-order valence-electron chi connectivity index (χ3n) is 9.61. The van der Waals surface area contributed by atoms with Crippen LogP contribution in [0.15, 0.2) is 224 Å². The fourth-order valence-corrected chi connectivity index (χ4v) is 6.87. The number of allylic oxidation sites excluding steroid dienone is 4. The van der Waals surface area contributed by atoms with Gasteiger partial charge in [0.2, 0.25) is 0 Å². The minimum absolute atomic E-state index is 0.979. The molecule has 0 spiro atoms. The Morgan fingerprint density at radius 2 is 0.963 bits per heavy atom. The second-order valence-corrected chi connectivity index (χ2v) is 13.2. The first kappa shape index (κ1) is 34.1. The monoisotopic (exact) mass is 692 g/mol. The molecular weight excluding hydrogens is 653 g/mol. The zero-order valence-electron chi connectivity index (χ0n) is 30.3. The smallest absolute Gasteiger partial charge is 0.0788 e. The van der Waals surface area contributed by atoms with Crippen molar-refractivity contribution in [2.45, 2.75) is 6.92 Å². The molecule has 0 aliphatic heterocycles. The topological polar surface area (TPSA) is 16.1 Å². The van der Waals surface area contributed by atoms with E-state index in [9.17, 15) is 0 Å². The normalized spacial score (nSPS) is 11.8. The maximum absolute atomic E-state index is 5.16. The van der Waals surface area contributed by atoms with Gasteiger partial charge in [0.25, 0.3) is 0 Å². The number of benzene rings is 7. The Bertz CT molecular complexity index is 2550. The van der Waals surface area contributed by atoms with E-state index in [1.165, 1.54) is 22.3 Å². The second-order valence-electron chi connectivity index (χ2n) is 13.2. The van der Waals surface area contributed by atoms with Gasteiger partial charge in [-0.3, -0.25) is 0 Å². The highest BCUT2D eigenvalue weighted by molar-refractivity contribution is 5.92. The first-order valence-electron chi connectivity index (χ1n) is 18.4. The number of nitrogens with zero attached hydrogens (tertiary/aromatic N) is 2. The first-order valence-corrected chi connectivity index (χ1v) is 18.4. The second kappa shape index (κ2) is 16.1. The molecule has 0 bridgehead atoms. The number of hydrogen-bond donors (Lipinski definition) is 0. The molecule has 0 unspecified atom stereocenters. The molecule has 0 saturated carbocycles. The van der Waals surface area contributed by atoms with Crippen molar-refractivity contribution in [2.75, 3.05) is 4.90 Å². The summed E-state index contributed by atoms with van der Waals surface area (Å²) in [6.07, 6.45) is 10.8. The van der Waals surface area contributed by atoms with Crippen LogP contribution in [0.2, 0.25) is 0 Å². The van der Waals surface area contributed by atoms with E-state index in [2.05, 4.69) is 224 Å². The summed E-state index contributed by atoms with van der Waals surface area (Å²) in [5.74, 6) is 0. The minimum atomic E-state index is 0.979. The SMILES string of the molecule is C\C=C/C(=C\C=C\c1ccc(-c2ccccc2)cc1)N(c1ccc(-c2ccccc2)cc1)c1ccc(-c2cc3ccccc3nc2-c2ccccc2)cc1. The lowest BCUT2D eigenvalue weighted by Gasteiger charge is -2.27. The number of hydrogen-bond acceptors (Lipinski definition) is 2. The van der Waals surface area contributed by atoms with Crippen molar-refractivity contribution in [3.8, 4) is 44.6 Å². The zero-order valence-corrected chi connectivity index (χ0v) is 30.3. The van der Waals surface area contributed by atoms with Gasteiger partial charge in [-0.05, 0) is 88.9 Å². The first-order chi connectivity index (χ1) is 26.7. The molecule has 54 heavy (non-hydrogen) atoms. The van der Waals surface area contributed by atoms with Gasteiger partial charge in [-0.25, -0.2) is 4.98 Å². The van der Waals surface area contributed by atoms with Crippen LogP contribution in [-0.4, -0.2) is 4.98 Å². The maximum atomic E-state index is 5.16. The molecule has 1 heterocycles. The molecule has 8 aromatic rings. The van der Waals surface area contributed by atoms with Crippen LogP contribution in [0.1, 0.15) is 12.5 Å². The van der Waals surface area contributed by atoms with Crippen LogP contribution in [0.25, 0.3) is 61.6 Å².